The maximum absolute atomic E-state index is 11.5. The van der Waals surface area contributed by atoms with Gasteiger partial charge in [-0.3, -0.25) is 15.1 Å². The lowest BCUT2D eigenvalue weighted by Crippen LogP contribution is -2.36. The molecular weight excluding hydrogens is 254 g/mol. The molecule has 1 aromatic heterocycles. The largest absolute Gasteiger partial charge is 0.383 e. The van der Waals surface area contributed by atoms with Crippen molar-refractivity contribution >= 4 is 22.4 Å². The molecule has 0 fully saturated rings. The first-order valence-corrected chi connectivity index (χ1v) is 6.33. The predicted octanol–water partition coefficient (Wildman–Crippen LogP) is -0.377. The molecule has 0 aromatic carbocycles. The van der Waals surface area contributed by atoms with Gasteiger partial charge in [-0.1, -0.05) is 11.3 Å². The third-order valence-corrected chi connectivity index (χ3v) is 3.06. The van der Waals surface area contributed by atoms with E-state index in [1.807, 2.05) is 11.9 Å². The van der Waals surface area contributed by atoms with Gasteiger partial charge in [0.1, 0.15) is 0 Å². The molecule has 0 bridgehead atoms. The van der Waals surface area contributed by atoms with Crippen LogP contribution in [0.4, 0.5) is 5.13 Å². The van der Waals surface area contributed by atoms with Crippen LogP contribution in [0.15, 0.2) is 6.20 Å². The smallest absolute Gasteiger partial charge is 0.234 e. The van der Waals surface area contributed by atoms with Crippen molar-refractivity contribution in [1.82, 2.24) is 15.2 Å². The zero-order valence-electron chi connectivity index (χ0n) is 10.6. The Morgan fingerprint density at radius 3 is 3.06 bits per heavy atom. The molecular formula is C10H19N5O2S. The summed E-state index contributed by atoms with van der Waals surface area (Å²) in [5.41, 5.74) is 2.49. The van der Waals surface area contributed by atoms with E-state index >= 15 is 0 Å². The van der Waals surface area contributed by atoms with Crippen LogP contribution in [0.25, 0.3) is 0 Å². The van der Waals surface area contributed by atoms with Gasteiger partial charge in [0.25, 0.3) is 0 Å². The standard InChI is InChI=1S/C10H19N5O2S/c1-15(7-9(16)12-3-4-17-2)6-8-5-13-10(14-11)18-8/h5H,3-4,6-7,11H2,1-2H3,(H,12,16)(H,13,14). The van der Waals surface area contributed by atoms with Crippen LogP contribution in [0.1, 0.15) is 4.88 Å². The van der Waals surface area contributed by atoms with Gasteiger partial charge in [-0.05, 0) is 7.05 Å². The van der Waals surface area contributed by atoms with Crippen molar-refractivity contribution in [3.63, 3.8) is 0 Å². The van der Waals surface area contributed by atoms with Crippen molar-refractivity contribution in [2.75, 3.05) is 39.3 Å². The fraction of sp³-hybridized carbons (Fsp3) is 0.600. The van der Waals surface area contributed by atoms with Crippen molar-refractivity contribution in [3.8, 4) is 0 Å². The molecule has 4 N–H and O–H groups in total. The van der Waals surface area contributed by atoms with E-state index in [4.69, 9.17) is 10.6 Å². The fourth-order valence-electron chi connectivity index (χ4n) is 1.36. The zero-order chi connectivity index (χ0) is 13.4. The van der Waals surface area contributed by atoms with Gasteiger partial charge in [-0.2, -0.15) is 0 Å². The molecule has 0 atom stereocenters. The second-order valence-corrected chi connectivity index (χ2v) is 4.91. The van der Waals surface area contributed by atoms with Crippen LogP contribution >= 0.6 is 11.3 Å². The molecule has 0 radical (unpaired) electrons. The van der Waals surface area contributed by atoms with E-state index in [-0.39, 0.29) is 5.91 Å². The second-order valence-electron chi connectivity index (χ2n) is 3.79. The number of nitrogen functional groups attached to an aromatic ring is 1. The van der Waals surface area contributed by atoms with Crippen molar-refractivity contribution < 1.29 is 9.53 Å². The summed E-state index contributed by atoms with van der Waals surface area (Å²) in [5, 5.41) is 3.44. The number of hydrazine groups is 1. The van der Waals surface area contributed by atoms with Gasteiger partial charge in [0, 0.05) is 31.3 Å². The Morgan fingerprint density at radius 1 is 1.67 bits per heavy atom. The van der Waals surface area contributed by atoms with Crippen LogP contribution < -0.4 is 16.6 Å². The normalized spacial score (nSPS) is 10.7. The molecule has 0 unspecified atom stereocenters. The number of nitrogens with zero attached hydrogens (tertiary/aromatic N) is 2. The van der Waals surface area contributed by atoms with Crippen molar-refractivity contribution in [3.05, 3.63) is 11.1 Å². The van der Waals surface area contributed by atoms with Crippen molar-refractivity contribution in [2.24, 2.45) is 5.84 Å². The number of carbonyl (C=O) groups excluding carboxylic acids is 1. The van der Waals surface area contributed by atoms with Crippen LogP contribution in [0, 0.1) is 0 Å². The molecule has 18 heavy (non-hydrogen) atoms. The molecule has 1 rings (SSSR count). The first kappa shape index (κ1) is 14.8. The van der Waals surface area contributed by atoms with Crippen molar-refractivity contribution in [2.45, 2.75) is 6.54 Å². The van der Waals surface area contributed by atoms with Gasteiger partial charge in [0.15, 0.2) is 5.13 Å². The first-order valence-electron chi connectivity index (χ1n) is 5.51. The summed E-state index contributed by atoms with van der Waals surface area (Å²) in [6.07, 6.45) is 1.75. The number of amides is 1. The summed E-state index contributed by atoms with van der Waals surface area (Å²) in [6.45, 7) is 2.06. The Balaban J connectivity index is 2.27. The molecule has 0 aliphatic heterocycles. The van der Waals surface area contributed by atoms with E-state index in [1.54, 1.807) is 13.3 Å². The number of nitrogens with two attached hydrogens (primary N) is 1. The summed E-state index contributed by atoms with van der Waals surface area (Å²) in [6, 6.07) is 0. The third kappa shape index (κ3) is 5.41. The molecule has 1 amide bonds. The number of carbonyl (C=O) groups is 1. The van der Waals surface area contributed by atoms with Crippen LogP contribution in [0.2, 0.25) is 0 Å². The molecule has 1 aromatic rings. The zero-order valence-corrected chi connectivity index (χ0v) is 11.4. The number of likely N-dealkylation sites (N-methyl/N-ethyl adjacent to an activating group) is 1. The molecule has 0 saturated carbocycles. The quantitative estimate of drug-likeness (QED) is 0.340. The average molecular weight is 273 g/mol. The number of ether oxygens (including phenoxy) is 1. The average Bonchev–Trinajstić information content (AvgIpc) is 2.76. The second kappa shape index (κ2) is 7.98. The Kier molecular flexibility index (Phi) is 6.58. The van der Waals surface area contributed by atoms with Gasteiger partial charge in [-0.25, -0.2) is 10.8 Å². The Hall–Kier alpha value is -1.22. The minimum Gasteiger partial charge on any atom is -0.383 e. The number of rotatable bonds is 8. The monoisotopic (exact) mass is 273 g/mol. The topological polar surface area (TPSA) is 92.5 Å². The summed E-state index contributed by atoms with van der Waals surface area (Å²) in [7, 11) is 3.48. The minimum atomic E-state index is -0.0174. The summed E-state index contributed by atoms with van der Waals surface area (Å²) >= 11 is 1.47. The SMILES string of the molecule is COCCNC(=O)CN(C)Cc1cnc(NN)s1. The number of hydrogen-bond acceptors (Lipinski definition) is 7. The first-order chi connectivity index (χ1) is 8.65. The predicted molar refractivity (Wildman–Crippen MR) is 71.1 cm³/mol. The fourth-order valence-corrected chi connectivity index (χ4v) is 2.17. The maximum Gasteiger partial charge on any atom is 0.234 e. The minimum absolute atomic E-state index is 0.0174. The van der Waals surface area contributed by atoms with E-state index in [9.17, 15) is 4.79 Å². The number of thiazole rings is 1. The third-order valence-electron chi connectivity index (χ3n) is 2.14. The van der Waals surface area contributed by atoms with Crippen LogP contribution in [-0.4, -0.2) is 49.6 Å². The summed E-state index contributed by atoms with van der Waals surface area (Å²) in [4.78, 5) is 18.6. The van der Waals surface area contributed by atoms with Crippen LogP contribution in [-0.2, 0) is 16.1 Å². The van der Waals surface area contributed by atoms with Gasteiger partial charge in [0.05, 0.1) is 13.2 Å². The Bertz CT molecular complexity index is 371. The molecule has 0 spiro atoms. The van der Waals surface area contributed by atoms with E-state index in [0.717, 1.165) is 4.88 Å². The number of aromatic nitrogens is 1. The maximum atomic E-state index is 11.5. The molecule has 0 aliphatic rings. The molecule has 102 valence electrons. The lowest BCUT2D eigenvalue weighted by atomic mass is 10.4. The number of hydrogen-bond donors (Lipinski definition) is 3. The molecule has 0 aliphatic carbocycles. The van der Waals surface area contributed by atoms with Crippen molar-refractivity contribution in [1.29, 1.82) is 0 Å². The number of methoxy groups -OCH3 is 1. The van der Waals surface area contributed by atoms with E-state index < -0.39 is 0 Å². The highest BCUT2D eigenvalue weighted by molar-refractivity contribution is 7.15. The summed E-state index contributed by atoms with van der Waals surface area (Å²) < 4.78 is 4.85. The molecule has 8 heteroatoms. The van der Waals surface area contributed by atoms with Gasteiger partial charge < -0.3 is 10.1 Å². The Labute approximate surface area is 110 Å². The Morgan fingerprint density at radius 2 is 2.44 bits per heavy atom. The lowest BCUT2D eigenvalue weighted by Gasteiger charge is -2.14. The molecule has 0 saturated heterocycles. The van der Waals surface area contributed by atoms with E-state index in [0.29, 0.717) is 31.4 Å². The number of anilines is 1. The van der Waals surface area contributed by atoms with Gasteiger partial charge in [0.2, 0.25) is 5.91 Å². The van der Waals surface area contributed by atoms with Gasteiger partial charge in [-0.15, -0.1) is 0 Å². The number of nitrogens with one attached hydrogen (secondary N) is 2. The highest BCUT2D eigenvalue weighted by atomic mass is 32.1. The summed E-state index contributed by atoms with van der Waals surface area (Å²) in [5.74, 6) is 5.23. The van der Waals surface area contributed by atoms with Crippen LogP contribution in [0.3, 0.4) is 0 Å². The van der Waals surface area contributed by atoms with Crippen LogP contribution in [0.5, 0.6) is 0 Å². The highest BCUT2D eigenvalue weighted by Crippen LogP contribution is 2.17. The lowest BCUT2D eigenvalue weighted by molar-refractivity contribution is -0.122. The van der Waals surface area contributed by atoms with Gasteiger partial charge >= 0.3 is 0 Å². The van der Waals surface area contributed by atoms with E-state index in [1.165, 1.54) is 11.3 Å². The highest BCUT2D eigenvalue weighted by Gasteiger charge is 2.08. The van der Waals surface area contributed by atoms with E-state index in [2.05, 4.69) is 15.7 Å². The molecule has 1 heterocycles. The molecule has 7 nitrogen and oxygen atoms in total.